The highest BCUT2D eigenvalue weighted by atomic mass is 16.3. The van der Waals surface area contributed by atoms with Crippen LogP contribution >= 0.6 is 0 Å². The molecule has 0 aliphatic carbocycles. The van der Waals surface area contributed by atoms with E-state index >= 15 is 0 Å². The van der Waals surface area contributed by atoms with Crippen LogP contribution in [0.1, 0.15) is 26.3 Å². The summed E-state index contributed by atoms with van der Waals surface area (Å²) >= 11 is 0. The molecule has 88 valence electrons. The van der Waals surface area contributed by atoms with E-state index in [1.807, 2.05) is 20.8 Å². The zero-order valence-corrected chi connectivity index (χ0v) is 10.0. The largest absolute Gasteiger partial charge is 0.392 e. The first-order valence-electron chi connectivity index (χ1n) is 5.55. The van der Waals surface area contributed by atoms with Crippen LogP contribution in [0.25, 0.3) is 0 Å². The van der Waals surface area contributed by atoms with E-state index in [9.17, 15) is 4.79 Å². The molecule has 0 heterocycles. The minimum Gasteiger partial charge on any atom is -0.392 e. The Labute approximate surface area is 96.5 Å². The molecule has 1 unspecified atom stereocenters. The number of benzene rings is 1. The Bertz CT molecular complexity index is 343. The molecule has 0 fully saturated rings. The quantitative estimate of drug-likeness (QED) is 0.820. The molecule has 1 rings (SSSR count). The van der Waals surface area contributed by atoms with Crippen LogP contribution in [0.4, 0.5) is 5.69 Å². The molecule has 3 nitrogen and oxygen atoms in total. The van der Waals surface area contributed by atoms with Crippen LogP contribution in [-0.4, -0.2) is 11.0 Å². The molecule has 0 radical (unpaired) electrons. The van der Waals surface area contributed by atoms with E-state index in [-0.39, 0.29) is 18.4 Å². The maximum Gasteiger partial charge on any atom is 0.227 e. The molecule has 16 heavy (non-hydrogen) atoms. The second-order valence-corrected chi connectivity index (χ2v) is 4.38. The van der Waals surface area contributed by atoms with Crippen LogP contribution in [0, 0.1) is 11.8 Å². The van der Waals surface area contributed by atoms with Crippen molar-refractivity contribution in [3.63, 3.8) is 0 Å². The Morgan fingerprint density at radius 2 is 1.81 bits per heavy atom. The van der Waals surface area contributed by atoms with Crippen molar-refractivity contribution in [3.8, 4) is 0 Å². The molecular formula is C13H19NO2. The monoisotopic (exact) mass is 221 g/mol. The maximum atomic E-state index is 11.7. The second-order valence-electron chi connectivity index (χ2n) is 4.38. The lowest BCUT2D eigenvalue weighted by Gasteiger charge is -2.15. The van der Waals surface area contributed by atoms with Gasteiger partial charge in [-0.25, -0.2) is 0 Å². The summed E-state index contributed by atoms with van der Waals surface area (Å²) in [6.07, 6.45) is 0. The number of nitrogens with one attached hydrogen (secondary N) is 1. The van der Waals surface area contributed by atoms with Crippen molar-refractivity contribution in [2.45, 2.75) is 27.4 Å². The predicted octanol–water partition coefficient (Wildman–Crippen LogP) is 2.41. The van der Waals surface area contributed by atoms with Gasteiger partial charge < -0.3 is 10.4 Å². The van der Waals surface area contributed by atoms with Gasteiger partial charge in [-0.3, -0.25) is 4.79 Å². The summed E-state index contributed by atoms with van der Waals surface area (Å²) < 4.78 is 0. The summed E-state index contributed by atoms with van der Waals surface area (Å²) in [4.78, 5) is 11.7. The molecule has 1 atom stereocenters. The Hall–Kier alpha value is -1.35. The molecule has 0 aromatic heterocycles. The topological polar surface area (TPSA) is 49.3 Å². The van der Waals surface area contributed by atoms with Gasteiger partial charge in [-0.1, -0.05) is 32.9 Å². The number of aliphatic hydroxyl groups is 1. The number of aliphatic hydroxyl groups excluding tert-OH is 1. The Morgan fingerprint density at radius 3 is 2.25 bits per heavy atom. The lowest BCUT2D eigenvalue weighted by molar-refractivity contribution is -0.120. The molecule has 0 aliphatic rings. The number of anilines is 1. The number of hydrogen-bond acceptors (Lipinski definition) is 2. The zero-order chi connectivity index (χ0) is 12.1. The summed E-state index contributed by atoms with van der Waals surface area (Å²) in [5, 5.41) is 11.7. The third kappa shape index (κ3) is 3.35. The van der Waals surface area contributed by atoms with E-state index in [4.69, 9.17) is 5.11 Å². The summed E-state index contributed by atoms with van der Waals surface area (Å²) in [5.41, 5.74) is 1.62. The van der Waals surface area contributed by atoms with Gasteiger partial charge >= 0.3 is 0 Å². The van der Waals surface area contributed by atoms with Gasteiger partial charge in [0.2, 0.25) is 5.91 Å². The highest BCUT2D eigenvalue weighted by molar-refractivity contribution is 5.92. The SMILES string of the molecule is CC(C)C(C)C(=O)Nc1ccc(CO)cc1. The van der Waals surface area contributed by atoms with Gasteiger partial charge in [-0.2, -0.15) is 0 Å². The zero-order valence-electron chi connectivity index (χ0n) is 10.0. The first-order chi connectivity index (χ1) is 7.54. The van der Waals surface area contributed by atoms with Crippen LogP contribution < -0.4 is 5.32 Å². The summed E-state index contributed by atoms with van der Waals surface area (Å²) in [6, 6.07) is 7.21. The second kappa shape index (κ2) is 5.66. The normalized spacial score (nSPS) is 12.6. The number of rotatable bonds is 4. The lowest BCUT2D eigenvalue weighted by atomic mass is 9.97. The van der Waals surface area contributed by atoms with Gasteiger partial charge in [0.05, 0.1) is 6.61 Å². The van der Waals surface area contributed by atoms with Crippen molar-refractivity contribution in [3.05, 3.63) is 29.8 Å². The van der Waals surface area contributed by atoms with Crippen LogP contribution in [-0.2, 0) is 11.4 Å². The number of amides is 1. The fraction of sp³-hybridized carbons (Fsp3) is 0.462. The van der Waals surface area contributed by atoms with E-state index in [1.165, 1.54) is 0 Å². The molecule has 3 heteroatoms. The minimum atomic E-state index is -0.00230. The van der Waals surface area contributed by atoms with Crippen molar-refractivity contribution in [2.24, 2.45) is 11.8 Å². The predicted molar refractivity (Wildman–Crippen MR) is 65.0 cm³/mol. The third-order valence-corrected chi connectivity index (χ3v) is 2.82. The van der Waals surface area contributed by atoms with Gasteiger partial charge in [0.15, 0.2) is 0 Å². The van der Waals surface area contributed by atoms with Gasteiger partial charge in [0, 0.05) is 11.6 Å². The number of hydrogen-bond donors (Lipinski definition) is 2. The van der Waals surface area contributed by atoms with Crippen molar-refractivity contribution in [2.75, 3.05) is 5.32 Å². The van der Waals surface area contributed by atoms with Crippen molar-refractivity contribution < 1.29 is 9.90 Å². The highest BCUT2D eigenvalue weighted by Gasteiger charge is 2.16. The molecule has 0 saturated heterocycles. The maximum absolute atomic E-state index is 11.7. The van der Waals surface area contributed by atoms with Crippen molar-refractivity contribution in [1.29, 1.82) is 0 Å². The fourth-order valence-electron chi connectivity index (χ4n) is 1.25. The smallest absolute Gasteiger partial charge is 0.227 e. The van der Waals surface area contributed by atoms with Crippen molar-refractivity contribution >= 4 is 11.6 Å². The molecule has 1 aromatic carbocycles. The molecule has 0 bridgehead atoms. The van der Waals surface area contributed by atoms with E-state index in [0.717, 1.165) is 11.3 Å². The highest BCUT2D eigenvalue weighted by Crippen LogP contribution is 2.14. The summed E-state index contributed by atoms with van der Waals surface area (Å²) in [7, 11) is 0. The number of carbonyl (C=O) groups is 1. The average Bonchev–Trinajstić information content (AvgIpc) is 2.28. The lowest BCUT2D eigenvalue weighted by Crippen LogP contribution is -2.24. The molecular weight excluding hydrogens is 202 g/mol. The summed E-state index contributed by atoms with van der Waals surface area (Å²) in [5.74, 6) is 0.362. The molecule has 2 N–H and O–H groups in total. The van der Waals surface area contributed by atoms with E-state index in [0.29, 0.717) is 5.92 Å². The third-order valence-electron chi connectivity index (χ3n) is 2.82. The van der Waals surface area contributed by atoms with Crippen LogP contribution in [0.15, 0.2) is 24.3 Å². The summed E-state index contributed by atoms with van der Waals surface area (Å²) in [6.45, 7) is 6.00. The Morgan fingerprint density at radius 1 is 1.25 bits per heavy atom. The van der Waals surface area contributed by atoms with Gasteiger partial charge in [0.1, 0.15) is 0 Å². The van der Waals surface area contributed by atoms with E-state index in [1.54, 1.807) is 24.3 Å². The molecule has 1 amide bonds. The molecule has 0 spiro atoms. The van der Waals surface area contributed by atoms with Crippen LogP contribution in [0.3, 0.4) is 0 Å². The fourth-order valence-corrected chi connectivity index (χ4v) is 1.25. The van der Waals surface area contributed by atoms with Crippen molar-refractivity contribution in [1.82, 2.24) is 0 Å². The van der Waals surface area contributed by atoms with E-state index in [2.05, 4.69) is 5.32 Å². The molecule has 0 aliphatic heterocycles. The van der Waals surface area contributed by atoms with Gasteiger partial charge in [-0.05, 0) is 23.6 Å². The van der Waals surface area contributed by atoms with Crippen LogP contribution in [0.2, 0.25) is 0 Å². The molecule has 0 saturated carbocycles. The van der Waals surface area contributed by atoms with E-state index < -0.39 is 0 Å². The average molecular weight is 221 g/mol. The van der Waals surface area contributed by atoms with Crippen LogP contribution in [0.5, 0.6) is 0 Å². The first-order valence-corrected chi connectivity index (χ1v) is 5.55. The Kier molecular flexibility index (Phi) is 4.50. The minimum absolute atomic E-state index is 0.00230. The van der Waals surface area contributed by atoms with Gasteiger partial charge in [-0.15, -0.1) is 0 Å². The standard InChI is InChI=1S/C13H19NO2/c1-9(2)10(3)13(16)14-12-6-4-11(8-15)5-7-12/h4-7,9-10,15H,8H2,1-3H3,(H,14,16). The first kappa shape index (κ1) is 12.7. The van der Waals surface area contributed by atoms with Gasteiger partial charge in [0.25, 0.3) is 0 Å². The molecule has 1 aromatic rings. The Balaban J connectivity index is 2.62. The number of carbonyl (C=O) groups excluding carboxylic acids is 1.